The average Bonchev–Trinajstić information content (AvgIpc) is 3.04. The summed E-state index contributed by atoms with van der Waals surface area (Å²) in [7, 11) is 1.61. The van der Waals surface area contributed by atoms with Gasteiger partial charge in [0.2, 0.25) is 5.91 Å². The number of carboxylic acids is 1. The van der Waals surface area contributed by atoms with Crippen molar-refractivity contribution >= 4 is 11.9 Å². The number of hydrogen-bond acceptors (Lipinski definition) is 4. The Bertz CT molecular complexity index is 328. The molecule has 102 valence electrons. The van der Waals surface area contributed by atoms with Crippen molar-refractivity contribution in [2.24, 2.45) is 5.92 Å². The summed E-state index contributed by atoms with van der Waals surface area (Å²) in [6.07, 6.45) is 1.60. The molecule has 0 aromatic heterocycles. The van der Waals surface area contributed by atoms with Gasteiger partial charge in [-0.1, -0.05) is 0 Å². The molecule has 2 aliphatic rings. The predicted octanol–water partition coefficient (Wildman–Crippen LogP) is 0.160. The van der Waals surface area contributed by atoms with Crippen molar-refractivity contribution < 1.29 is 24.2 Å². The van der Waals surface area contributed by atoms with Crippen molar-refractivity contribution in [1.29, 1.82) is 0 Å². The number of methoxy groups -OCH3 is 1. The summed E-state index contributed by atoms with van der Waals surface area (Å²) >= 11 is 0. The molecular weight excluding hydrogens is 238 g/mol. The highest BCUT2D eigenvalue weighted by Crippen LogP contribution is 2.33. The van der Waals surface area contributed by atoms with E-state index in [2.05, 4.69) is 5.32 Å². The first-order valence-corrected chi connectivity index (χ1v) is 6.29. The number of ether oxygens (including phenoxy) is 2. The van der Waals surface area contributed by atoms with Crippen LogP contribution in [0.4, 0.5) is 0 Å². The molecular formula is C12H19NO5. The van der Waals surface area contributed by atoms with Gasteiger partial charge in [-0.05, 0) is 31.6 Å². The number of carbonyl (C=O) groups excluding carboxylic acids is 1. The summed E-state index contributed by atoms with van der Waals surface area (Å²) in [5.41, 5.74) is 0. The molecule has 1 saturated heterocycles. The highest BCUT2D eigenvalue weighted by Gasteiger charge is 2.38. The van der Waals surface area contributed by atoms with E-state index < -0.39 is 18.2 Å². The minimum absolute atomic E-state index is 0.0231. The molecule has 0 bridgehead atoms. The van der Waals surface area contributed by atoms with Gasteiger partial charge in [-0.15, -0.1) is 0 Å². The predicted molar refractivity (Wildman–Crippen MR) is 62.1 cm³/mol. The molecule has 0 aromatic rings. The lowest BCUT2D eigenvalue weighted by atomic mass is 10.1. The maximum atomic E-state index is 11.9. The molecule has 1 aliphatic heterocycles. The van der Waals surface area contributed by atoms with Gasteiger partial charge in [-0.3, -0.25) is 4.79 Å². The lowest BCUT2D eigenvalue weighted by Crippen LogP contribution is -2.45. The number of rotatable bonds is 6. The summed E-state index contributed by atoms with van der Waals surface area (Å²) in [5.74, 6) is -0.723. The Morgan fingerprint density at radius 2 is 2.00 bits per heavy atom. The van der Waals surface area contributed by atoms with E-state index in [0.29, 0.717) is 25.4 Å². The van der Waals surface area contributed by atoms with E-state index in [1.54, 1.807) is 7.11 Å². The molecule has 0 spiro atoms. The van der Waals surface area contributed by atoms with Crippen LogP contribution < -0.4 is 5.32 Å². The Balaban J connectivity index is 1.82. The standard InChI is InChI=1S/C12H19NO5/c1-17-6-8(7-2-3-7)13-11(14)9-4-5-10(18-9)12(15)16/h7-10H,2-6H2,1H3,(H,13,14)(H,15,16)/t8?,9-,10+/m0/s1. The maximum Gasteiger partial charge on any atom is 0.332 e. The van der Waals surface area contributed by atoms with Crippen LogP contribution in [0.15, 0.2) is 0 Å². The second kappa shape index (κ2) is 5.67. The third-order valence-corrected chi connectivity index (χ3v) is 3.45. The number of carboxylic acid groups (broad SMARTS) is 1. The summed E-state index contributed by atoms with van der Waals surface area (Å²) in [6.45, 7) is 0.492. The second-order valence-corrected chi connectivity index (χ2v) is 4.94. The zero-order valence-corrected chi connectivity index (χ0v) is 10.4. The molecule has 2 N–H and O–H groups in total. The Kier molecular flexibility index (Phi) is 4.19. The van der Waals surface area contributed by atoms with Crippen molar-refractivity contribution in [3.05, 3.63) is 0 Å². The van der Waals surface area contributed by atoms with Crippen LogP contribution in [-0.4, -0.2) is 48.9 Å². The lowest BCUT2D eigenvalue weighted by Gasteiger charge is -2.19. The number of hydrogen-bond donors (Lipinski definition) is 2. The summed E-state index contributed by atoms with van der Waals surface area (Å²) < 4.78 is 10.3. The van der Waals surface area contributed by atoms with Gasteiger partial charge in [0.1, 0.15) is 6.10 Å². The molecule has 1 aliphatic carbocycles. The zero-order valence-electron chi connectivity index (χ0n) is 10.4. The van der Waals surface area contributed by atoms with Crippen molar-refractivity contribution in [1.82, 2.24) is 5.32 Å². The Hall–Kier alpha value is -1.14. The number of amides is 1. The first-order chi connectivity index (χ1) is 8.61. The first-order valence-electron chi connectivity index (χ1n) is 6.29. The largest absolute Gasteiger partial charge is 0.479 e. The Labute approximate surface area is 106 Å². The average molecular weight is 257 g/mol. The number of aliphatic carboxylic acids is 1. The molecule has 1 unspecified atom stereocenters. The smallest absolute Gasteiger partial charge is 0.332 e. The van der Waals surface area contributed by atoms with E-state index in [4.69, 9.17) is 14.6 Å². The molecule has 1 saturated carbocycles. The monoisotopic (exact) mass is 257 g/mol. The Morgan fingerprint density at radius 1 is 1.33 bits per heavy atom. The molecule has 1 amide bonds. The second-order valence-electron chi connectivity index (χ2n) is 4.94. The van der Waals surface area contributed by atoms with Gasteiger partial charge in [-0.2, -0.15) is 0 Å². The maximum absolute atomic E-state index is 11.9. The molecule has 6 nitrogen and oxygen atoms in total. The minimum Gasteiger partial charge on any atom is -0.479 e. The third-order valence-electron chi connectivity index (χ3n) is 3.45. The van der Waals surface area contributed by atoms with Crippen LogP contribution in [0.2, 0.25) is 0 Å². The van der Waals surface area contributed by atoms with Crippen molar-refractivity contribution in [3.63, 3.8) is 0 Å². The summed E-state index contributed by atoms with van der Waals surface area (Å²) in [4.78, 5) is 22.7. The molecule has 2 fully saturated rings. The topological polar surface area (TPSA) is 84.9 Å². The third kappa shape index (κ3) is 3.20. The fourth-order valence-corrected chi connectivity index (χ4v) is 2.26. The summed E-state index contributed by atoms with van der Waals surface area (Å²) in [6, 6.07) is 0.0231. The van der Waals surface area contributed by atoms with Crippen LogP contribution >= 0.6 is 0 Å². The van der Waals surface area contributed by atoms with Crippen LogP contribution in [0.3, 0.4) is 0 Å². The fourth-order valence-electron chi connectivity index (χ4n) is 2.26. The normalized spacial score (nSPS) is 28.9. The molecule has 3 atom stereocenters. The van der Waals surface area contributed by atoms with Gasteiger partial charge in [0.05, 0.1) is 12.6 Å². The fraction of sp³-hybridized carbons (Fsp3) is 0.833. The molecule has 6 heteroatoms. The van der Waals surface area contributed by atoms with Crippen LogP contribution in [0, 0.1) is 5.92 Å². The molecule has 2 rings (SSSR count). The van der Waals surface area contributed by atoms with E-state index in [1.165, 1.54) is 0 Å². The number of nitrogens with one attached hydrogen (secondary N) is 1. The van der Waals surface area contributed by atoms with Crippen molar-refractivity contribution in [3.8, 4) is 0 Å². The van der Waals surface area contributed by atoms with Crippen LogP contribution in [0.1, 0.15) is 25.7 Å². The zero-order chi connectivity index (χ0) is 13.1. The molecule has 0 radical (unpaired) electrons. The van der Waals surface area contributed by atoms with Crippen LogP contribution in [0.5, 0.6) is 0 Å². The highest BCUT2D eigenvalue weighted by molar-refractivity contribution is 5.82. The molecule has 1 heterocycles. The SMILES string of the molecule is COCC(NC(=O)[C@@H]1CC[C@H](C(=O)O)O1)C1CC1. The van der Waals surface area contributed by atoms with E-state index in [0.717, 1.165) is 12.8 Å². The van der Waals surface area contributed by atoms with Gasteiger partial charge in [0, 0.05) is 7.11 Å². The lowest BCUT2D eigenvalue weighted by molar-refractivity contribution is -0.152. The van der Waals surface area contributed by atoms with Crippen molar-refractivity contribution in [2.75, 3.05) is 13.7 Å². The molecule has 18 heavy (non-hydrogen) atoms. The van der Waals surface area contributed by atoms with Crippen molar-refractivity contribution in [2.45, 2.75) is 43.9 Å². The number of carbonyl (C=O) groups is 2. The van der Waals surface area contributed by atoms with Gasteiger partial charge in [-0.25, -0.2) is 4.79 Å². The van der Waals surface area contributed by atoms with Gasteiger partial charge >= 0.3 is 5.97 Å². The quantitative estimate of drug-likeness (QED) is 0.708. The van der Waals surface area contributed by atoms with Crippen LogP contribution in [0.25, 0.3) is 0 Å². The molecule has 0 aromatic carbocycles. The van der Waals surface area contributed by atoms with E-state index in [1.807, 2.05) is 0 Å². The minimum atomic E-state index is -0.999. The summed E-state index contributed by atoms with van der Waals surface area (Å²) in [5, 5.41) is 11.7. The van der Waals surface area contributed by atoms with Gasteiger partial charge < -0.3 is 19.9 Å². The Morgan fingerprint density at radius 3 is 2.50 bits per heavy atom. The van der Waals surface area contributed by atoms with E-state index in [9.17, 15) is 9.59 Å². The van der Waals surface area contributed by atoms with Gasteiger partial charge in [0.15, 0.2) is 6.10 Å². The van der Waals surface area contributed by atoms with E-state index in [-0.39, 0.29) is 11.9 Å². The van der Waals surface area contributed by atoms with E-state index >= 15 is 0 Å². The first kappa shape index (κ1) is 13.3. The van der Waals surface area contributed by atoms with Crippen LogP contribution in [-0.2, 0) is 19.1 Å². The van der Waals surface area contributed by atoms with Gasteiger partial charge in [0.25, 0.3) is 0 Å². The highest BCUT2D eigenvalue weighted by atomic mass is 16.5.